The lowest BCUT2D eigenvalue weighted by Crippen LogP contribution is -1.90. The van der Waals surface area contributed by atoms with E-state index in [0.717, 1.165) is 22.4 Å². The predicted octanol–water partition coefficient (Wildman–Crippen LogP) is 5.46. The minimum atomic E-state index is 0.433. The number of hydrogen-bond acceptors (Lipinski definition) is 6. The molecule has 2 aromatic heterocycles. The fourth-order valence-corrected chi connectivity index (χ4v) is 3.81. The summed E-state index contributed by atoms with van der Waals surface area (Å²) in [6, 6.07) is 13.5. The van der Waals surface area contributed by atoms with E-state index in [1.165, 1.54) is 11.1 Å². The van der Waals surface area contributed by atoms with Crippen LogP contribution in [0.15, 0.2) is 57.7 Å². The lowest BCUT2D eigenvalue weighted by Gasteiger charge is -2.09. The van der Waals surface area contributed by atoms with Crippen LogP contribution in [0.2, 0.25) is 0 Å². The van der Waals surface area contributed by atoms with E-state index in [2.05, 4.69) is 27.8 Å². The molecule has 0 aliphatic carbocycles. The number of aromatic nitrogens is 2. The van der Waals surface area contributed by atoms with Crippen molar-refractivity contribution in [2.24, 2.45) is 0 Å². The molecular weight excluding hydrogens is 360 g/mol. The fourth-order valence-electron chi connectivity index (χ4n) is 2.96. The Morgan fingerprint density at radius 3 is 2.44 bits per heavy atom. The van der Waals surface area contributed by atoms with Crippen LogP contribution in [0.1, 0.15) is 5.56 Å². The monoisotopic (exact) mass is 378 g/mol. The highest BCUT2D eigenvalue weighted by Crippen LogP contribution is 2.37. The zero-order valence-corrected chi connectivity index (χ0v) is 16.0. The summed E-state index contributed by atoms with van der Waals surface area (Å²) in [5.74, 6) is 2.39. The molecule has 0 amide bonds. The van der Waals surface area contributed by atoms with Gasteiger partial charge >= 0.3 is 0 Å². The van der Waals surface area contributed by atoms with Crippen LogP contribution < -0.4 is 9.47 Å². The van der Waals surface area contributed by atoms with Gasteiger partial charge in [-0.1, -0.05) is 17.3 Å². The van der Waals surface area contributed by atoms with E-state index in [-0.39, 0.29) is 0 Å². The minimum absolute atomic E-state index is 0.433. The lowest BCUT2D eigenvalue weighted by molar-refractivity contribution is 0.412. The van der Waals surface area contributed by atoms with Gasteiger partial charge in [0.1, 0.15) is 11.5 Å². The van der Waals surface area contributed by atoms with Crippen molar-refractivity contribution in [2.75, 3.05) is 14.2 Å². The molecule has 5 nitrogen and oxygen atoms in total. The van der Waals surface area contributed by atoms with Crippen molar-refractivity contribution < 1.29 is 14.0 Å². The van der Waals surface area contributed by atoms with Gasteiger partial charge < -0.3 is 14.0 Å². The van der Waals surface area contributed by atoms with Gasteiger partial charge in [0.25, 0.3) is 5.89 Å². The Labute approximate surface area is 161 Å². The molecule has 0 fully saturated rings. The van der Waals surface area contributed by atoms with Gasteiger partial charge in [-0.05, 0) is 59.1 Å². The number of thiophene rings is 1. The van der Waals surface area contributed by atoms with E-state index >= 15 is 0 Å². The third-order valence-electron chi connectivity index (χ3n) is 4.37. The van der Waals surface area contributed by atoms with Gasteiger partial charge in [-0.15, -0.1) is 0 Å². The first-order valence-corrected chi connectivity index (χ1v) is 9.34. The van der Waals surface area contributed by atoms with E-state index < -0.39 is 0 Å². The Morgan fingerprint density at radius 2 is 1.70 bits per heavy atom. The van der Waals surface area contributed by atoms with Crippen molar-refractivity contribution in [3.8, 4) is 45.5 Å². The van der Waals surface area contributed by atoms with Crippen molar-refractivity contribution >= 4 is 11.3 Å². The molecule has 4 rings (SSSR count). The Morgan fingerprint density at radius 1 is 0.889 bits per heavy atom. The molecule has 4 aromatic rings. The third-order valence-corrected chi connectivity index (χ3v) is 5.23. The zero-order valence-electron chi connectivity index (χ0n) is 15.2. The van der Waals surface area contributed by atoms with Crippen LogP contribution in [0.4, 0.5) is 0 Å². The second kappa shape index (κ2) is 7.25. The standard InChI is InChI=1S/C21H18N2O3S/c1-13-11-27-12-17(13)15-9-8-14(10-19(15)25-3)21-22-20(23-26-21)16-6-4-5-7-18(16)24-2/h4-12H,1-3H3. The quantitative estimate of drug-likeness (QED) is 0.462. The summed E-state index contributed by atoms with van der Waals surface area (Å²) in [6.45, 7) is 2.09. The molecule has 0 aliphatic rings. The molecule has 0 unspecified atom stereocenters. The van der Waals surface area contributed by atoms with Crippen LogP contribution in [0, 0.1) is 6.92 Å². The molecule has 0 N–H and O–H groups in total. The molecular formula is C21H18N2O3S. The van der Waals surface area contributed by atoms with Crippen molar-refractivity contribution in [3.05, 3.63) is 58.8 Å². The lowest BCUT2D eigenvalue weighted by atomic mass is 10.0. The maximum Gasteiger partial charge on any atom is 0.258 e. The van der Waals surface area contributed by atoms with Crippen LogP contribution in [-0.2, 0) is 0 Å². The van der Waals surface area contributed by atoms with Gasteiger partial charge in [0.2, 0.25) is 5.82 Å². The fraction of sp³-hybridized carbons (Fsp3) is 0.143. The molecule has 0 aliphatic heterocycles. The van der Waals surface area contributed by atoms with E-state index in [1.807, 2.05) is 42.5 Å². The normalized spacial score (nSPS) is 10.8. The summed E-state index contributed by atoms with van der Waals surface area (Å²) in [4.78, 5) is 4.53. The second-order valence-corrected chi connectivity index (χ2v) is 6.75. The molecule has 6 heteroatoms. The number of aryl methyl sites for hydroxylation is 1. The predicted molar refractivity (Wildman–Crippen MR) is 106 cm³/mol. The van der Waals surface area contributed by atoms with Gasteiger partial charge in [-0.25, -0.2) is 0 Å². The molecule has 0 atom stereocenters. The number of methoxy groups -OCH3 is 2. The Hall–Kier alpha value is -3.12. The molecule has 27 heavy (non-hydrogen) atoms. The summed E-state index contributed by atoms with van der Waals surface area (Å²) >= 11 is 1.68. The number of hydrogen-bond donors (Lipinski definition) is 0. The molecule has 0 bridgehead atoms. The molecule has 0 saturated heterocycles. The smallest absolute Gasteiger partial charge is 0.258 e. The second-order valence-electron chi connectivity index (χ2n) is 6.01. The van der Waals surface area contributed by atoms with E-state index in [1.54, 1.807) is 25.6 Å². The molecule has 2 aromatic carbocycles. The van der Waals surface area contributed by atoms with Crippen LogP contribution in [0.3, 0.4) is 0 Å². The SMILES string of the molecule is COc1ccccc1-c1noc(-c2ccc(-c3cscc3C)c(OC)c2)n1. The van der Waals surface area contributed by atoms with Crippen molar-refractivity contribution in [3.63, 3.8) is 0 Å². The third kappa shape index (κ3) is 3.19. The summed E-state index contributed by atoms with van der Waals surface area (Å²) in [5.41, 5.74) is 5.03. The number of benzene rings is 2. The molecule has 0 radical (unpaired) electrons. The van der Waals surface area contributed by atoms with E-state index in [9.17, 15) is 0 Å². The highest BCUT2D eigenvalue weighted by Gasteiger charge is 2.16. The van der Waals surface area contributed by atoms with E-state index in [0.29, 0.717) is 17.5 Å². The average Bonchev–Trinajstić information content (AvgIpc) is 3.36. The van der Waals surface area contributed by atoms with Crippen molar-refractivity contribution in [1.29, 1.82) is 0 Å². The Balaban J connectivity index is 1.73. The van der Waals surface area contributed by atoms with E-state index in [4.69, 9.17) is 14.0 Å². The summed E-state index contributed by atoms with van der Waals surface area (Å²) in [7, 11) is 3.29. The molecule has 2 heterocycles. The van der Waals surface area contributed by atoms with Gasteiger partial charge in [-0.2, -0.15) is 16.3 Å². The minimum Gasteiger partial charge on any atom is -0.496 e. The van der Waals surface area contributed by atoms with Crippen LogP contribution >= 0.6 is 11.3 Å². The van der Waals surface area contributed by atoms with Gasteiger partial charge in [0, 0.05) is 11.1 Å². The Bertz CT molecular complexity index is 1080. The summed E-state index contributed by atoms with van der Waals surface area (Å²) < 4.78 is 16.5. The number of para-hydroxylation sites is 1. The van der Waals surface area contributed by atoms with Gasteiger partial charge in [-0.3, -0.25) is 0 Å². The average molecular weight is 378 g/mol. The number of nitrogens with zero attached hydrogens (tertiary/aromatic N) is 2. The first kappa shape index (κ1) is 17.3. The maximum absolute atomic E-state index is 5.61. The highest BCUT2D eigenvalue weighted by atomic mass is 32.1. The Kier molecular flexibility index (Phi) is 4.64. The number of rotatable bonds is 5. The highest BCUT2D eigenvalue weighted by molar-refractivity contribution is 7.08. The van der Waals surface area contributed by atoms with Crippen molar-refractivity contribution in [2.45, 2.75) is 6.92 Å². The largest absolute Gasteiger partial charge is 0.496 e. The van der Waals surface area contributed by atoms with Crippen molar-refractivity contribution in [1.82, 2.24) is 10.1 Å². The summed E-state index contributed by atoms with van der Waals surface area (Å²) in [6.07, 6.45) is 0. The van der Waals surface area contributed by atoms with Gasteiger partial charge in [0.05, 0.1) is 19.8 Å². The van der Waals surface area contributed by atoms with Gasteiger partial charge in [0.15, 0.2) is 0 Å². The van der Waals surface area contributed by atoms with Crippen LogP contribution in [-0.4, -0.2) is 24.4 Å². The zero-order chi connectivity index (χ0) is 18.8. The first-order valence-electron chi connectivity index (χ1n) is 8.40. The molecule has 136 valence electrons. The molecule has 0 spiro atoms. The summed E-state index contributed by atoms with van der Waals surface area (Å²) in [5, 5.41) is 8.36. The molecule has 0 saturated carbocycles. The topological polar surface area (TPSA) is 57.4 Å². The van der Waals surface area contributed by atoms with Crippen LogP contribution in [0.25, 0.3) is 34.0 Å². The first-order chi connectivity index (χ1) is 13.2. The number of ether oxygens (including phenoxy) is 2. The maximum atomic E-state index is 5.61. The van der Waals surface area contributed by atoms with Crippen LogP contribution in [0.5, 0.6) is 11.5 Å².